The Morgan fingerprint density at radius 3 is 1.15 bits per heavy atom. The third-order valence-corrected chi connectivity index (χ3v) is 21.2. The SMILES string of the molecule is C.C.CC#N.CC(C)O.CC1(C)C(=O)N(Br)C(=O)N1Br.CC=C(C)C.COC(=O)c1c(N)cc(Br)cc1C(F)(F)F.C[N+]1(O)CCCCC1.Cc1c([N+](=O)[O-])cc(Br)cc1C(F)(F)F.Cc1c([N+](=O)[O-])cccc1C(F)(F)F.ClC(Cl)(Cl)Cl.Nc1cc(Br)cc(C(F)(F)F)c1C(=O)O.O=C(O)c1c(F)cc(Br)cc1[N+](=O)[O-].O=Cc1c([N+](=O)[O-])cc(Br)cc1C(F)(F)F.O=[N+]([O-])c1cc(Br)cc(C(F)(F)F)c1CBr.[2H]CF.[Fe]. The predicted molar refractivity (Wildman–Crippen MR) is 534 cm³/mol. The quantitative estimate of drug-likeness (QED) is 0.00602. The monoisotopic (exact) mass is 2830 g/mol. The number of carboxylic acids is 2. The van der Waals surface area contributed by atoms with Crippen molar-refractivity contribution in [2.24, 2.45) is 0 Å². The predicted octanol–water partition coefficient (Wildman–Crippen LogP) is 31.8. The number of benzene rings is 7. The first-order valence-corrected chi connectivity index (χ1v) is 46.0. The zero-order chi connectivity index (χ0) is 116. The number of nitriles is 1. The number of carbonyl (C=O) groups excluding carboxylic acids is 4. The summed E-state index contributed by atoms with van der Waals surface area (Å²) in [7, 11) is 1.86. The van der Waals surface area contributed by atoms with Crippen LogP contribution in [0.2, 0.25) is 0 Å². The minimum absolute atomic E-state index is 0. The molecule has 2 fully saturated rings. The number of nitro groups is 5. The fraction of sp³-hybridized carbons (Fsp3) is 0.370. The Kier molecular flexibility index (Phi) is 71.0. The molecule has 147 heavy (non-hydrogen) atoms. The molecule has 8 N–H and O–H groups in total. The van der Waals surface area contributed by atoms with Gasteiger partial charge in [0.05, 0.1) is 136 Å². The molecule has 7 aromatic rings. The number of urea groups is 1. The number of piperidine rings is 1. The van der Waals surface area contributed by atoms with Gasteiger partial charge < -0.3 is 31.5 Å². The van der Waals surface area contributed by atoms with Gasteiger partial charge in [0.1, 0.15) is 30.0 Å². The van der Waals surface area contributed by atoms with E-state index in [9.17, 15) is 172 Å². The number of hydrogen-bond donors (Lipinski definition) is 6. The second kappa shape index (κ2) is 68.7. The zero-order valence-corrected chi connectivity index (χ0v) is 93.5. The molecule has 0 aliphatic carbocycles. The molecule has 7 aromatic carbocycles. The smallest absolute Gasteiger partial charge is 0.417 e. The number of nitrogens with zero attached hydrogens (tertiary/aromatic N) is 9. The van der Waals surface area contributed by atoms with Crippen molar-refractivity contribution in [3.05, 3.63) is 258 Å². The van der Waals surface area contributed by atoms with E-state index in [0.717, 1.165) is 111 Å². The summed E-state index contributed by atoms with van der Waals surface area (Å²) < 4.78 is 258. The maximum atomic E-state index is 13.0. The number of quaternary nitrogens is 1. The Labute approximate surface area is 931 Å². The van der Waals surface area contributed by atoms with E-state index in [1.165, 1.54) is 41.8 Å². The summed E-state index contributed by atoms with van der Waals surface area (Å²) >= 11 is 44.8. The normalized spacial score (nSPS) is 12.4. The number of rotatable bonds is 10. The van der Waals surface area contributed by atoms with Crippen LogP contribution in [0.1, 0.15) is 182 Å². The number of carbonyl (C=O) groups is 6. The molecule has 66 heteroatoms. The maximum Gasteiger partial charge on any atom is 0.417 e. The van der Waals surface area contributed by atoms with Crippen molar-refractivity contribution < 1.29 is 190 Å². The number of amides is 3. The van der Waals surface area contributed by atoms with E-state index < -0.39 is 197 Å². The van der Waals surface area contributed by atoms with Gasteiger partial charge in [-0.1, -0.05) is 190 Å². The standard InChI is InChI=1S/C9H7BrF3NO2.C8H4Br2F3NO2.C8H3BrF3NO3.2C8H5BrF3NO2.C8H6F3NO2.C7H3BrFNO4.C6H14NO.C5H6Br2N2O2.C5H10.C3H8O.C2H3N.CCl4.CH3F.2CH4.Fe/c1-16-8(15)7-5(9(11,12)13)2-4(10)3-6(7)14;9-3-5-6(8(11,12)13)1-4(10)2-7(5)14(15)16;9-4-1-6(8(10,11)12)5(3-14)7(2-4)13(15)16;1-4-6(8(10,11)12)2-5(9)3-7(4)13(14)15;9-3-1-4(8(10,11)12)6(7(14)15)5(13)2-3;1-5-6(8(9,10)11)3-2-4-7(5)12(13)14;8-3-1-4(9)6(7(11)12)5(2-3)10(13)14;1-7(8)5-3-2-4-6-7;1-5(2)3(10)8(6)4(11)9(5)7;1-4-5(2)3;1-3(2)4;1-2-3;2-1(3,4)5;1-2;;;/h2-3H,14H2,1H3;1-2H,3H2;1-3H;2-3H,1H3;1-2H,13H2,(H,14,15);2-4H,1H3;1-2H,(H,11,12);8H,2-6H2,1H3;1-2H3;4H,1-3H3;3-4H,1-2H3;1H3;;1H3;2*1H4;/q;;;;;;;+1;;;;;;;;;/i;;;;;;;;;;;;;1D;;;. The summed E-state index contributed by atoms with van der Waals surface area (Å²) in [4.78, 5) is 113. The topological polar surface area (TPSA) is 491 Å². The minimum atomic E-state index is -4.81. The Morgan fingerprint density at radius 2 is 0.871 bits per heavy atom. The number of halogens is 33. The summed E-state index contributed by atoms with van der Waals surface area (Å²) in [6.45, 7) is 18.4. The number of aliphatic hydroxyl groups excluding tert-OH is 1. The molecule has 828 valence electrons. The van der Waals surface area contributed by atoms with Crippen LogP contribution in [0.15, 0.2) is 129 Å². The molecule has 2 saturated heterocycles. The van der Waals surface area contributed by atoms with E-state index in [2.05, 4.69) is 168 Å². The number of hydrogen-bond acceptors (Lipinski definition) is 22. The van der Waals surface area contributed by atoms with E-state index >= 15 is 0 Å². The summed E-state index contributed by atoms with van der Waals surface area (Å²) in [5.74, 6) is -5.90. The van der Waals surface area contributed by atoms with E-state index in [1.54, 1.807) is 33.8 Å². The van der Waals surface area contributed by atoms with Gasteiger partial charge in [-0.05, 0) is 136 Å². The van der Waals surface area contributed by atoms with Gasteiger partial charge in [-0.2, -0.15) is 92.9 Å². The van der Waals surface area contributed by atoms with Gasteiger partial charge in [0.2, 0.25) is 0 Å². The number of alkyl halides is 24. The van der Waals surface area contributed by atoms with Crippen molar-refractivity contribution in [1.82, 2.24) is 7.85 Å². The molecule has 32 nitrogen and oxygen atoms in total. The first kappa shape index (κ1) is 152. The maximum absolute atomic E-state index is 13.0. The summed E-state index contributed by atoms with van der Waals surface area (Å²) in [6, 6.07) is 15.0. The summed E-state index contributed by atoms with van der Waals surface area (Å²) in [5, 5.41) is 93.9. The third-order valence-electron chi connectivity index (χ3n) is 16.0. The molecule has 0 aromatic heterocycles. The molecule has 0 radical (unpaired) electrons. The Morgan fingerprint density at radius 1 is 0.578 bits per heavy atom. The summed E-state index contributed by atoms with van der Waals surface area (Å²) in [6.07, 6.45) is -22.5. The molecule has 9 rings (SSSR count). The van der Waals surface area contributed by atoms with Gasteiger partial charge in [-0.3, -0.25) is 64.6 Å². The second-order valence-electron chi connectivity index (χ2n) is 27.8. The average Bonchev–Trinajstić information content (AvgIpc) is 1.63. The van der Waals surface area contributed by atoms with Gasteiger partial charge in [-0.15, -0.1) is 0 Å². The Balaban J connectivity index is -0.000000243. The number of carboxylic acid groups (broad SMARTS) is 2. The van der Waals surface area contributed by atoms with Crippen LogP contribution < -0.4 is 11.5 Å². The van der Waals surface area contributed by atoms with Gasteiger partial charge in [0.25, 0.3) is 37.6 Å². The number of esters is 1. The van der Waals surface area contributed by atoms with Crippen molar-refractivity contribution in [2.75, 3.05) is 45.9 Å². The first-order chi connectivity index (χ1) is 65.5. The van der Waals surface area contributed by atoms with Crippen LogP contribution in [-0.2, 0) is 69.0 Å². The number of hydroxylamine groups is 3. The van der Waals surface area contributed by atoms with Crippen molar-refractivity contribution >= 4 is 266 Å². The minimum Gasteiger partial charge on any atom is -0.478 e. The van der Waals surface area contributed by atoms with Crippen molar-refractivity contribution in [2.45, 2.75) is 161 Å². The van der Waals surface area contributed by atoms with Gasteiger partial charge >= 0.3 is 61.0 Å². The number of likely N-dealkylation sites (tertiary alicyclic amines) is 1. The number of nitrogens with two attached hydrogens (primary N) is 2. The van der Waals surface area contributed by atoms with Crippen LogP contribution in [0.4, 0.5) is 132 Å². The number of nitrogen functional groups attached to an aromatic ring is 2. The zero-order valence-electron chi connectivity index (χ0n) is 76.1. The molecular weight excluding hydrogens is 2760 g/mol. The number of aldehydes is 1. The van der Waals surface area contributed by atoms with Gasteiger partial charge in [0.15, 0.2) is 11.8 Å². The molecule has 0 atom stereocenters. The number of aromatic carboxylic acids is 2. The van der Waals surface area contributed by atoms with Crippen LogP contribution in [0.5, 0.6) is 0 Å². The van der Waals surface area contributed by atoms with Crippen molar-refractivity contribution in [3.63, 3.8) is 0 Å². The van der Waals surface area contributed by atoms with Crippen LogP contribution in [0, 0.1) is 81.6 Å². The van der Waals surface area contributed by atoms with Crippen LogP contribution in [0.25, 0.3) is 0 Å². The molecule has 3 amide bonds. The fourth-order valence-corrected chi connectivity index (χ4v) is 14.1. The van der Waals surface area contributed by atoms with E-state index in [1.807, 2.05) is 14.0 Å². The number of ether oxygens (including phenoxy) is 1. The van der Waals surface area contributed by atoms with Crippen LogP contribution in [0.3, 0.4) is 0 Å². The number of aliphatic hydroxyl groups is 1. The second-order valence-corrected chi connectivity index (χ2v) is 38.7. The molecule has 0 saturated carbocycles. The molecule has 0 spiro atoms. The molecule has 0 bridgehead atoms. The Bertz CT molecular complexity index is 5710. The van der Waals surface area contributed by atoms with E-state index in [4.69, 9.17) is 79.8 Å². The largest absolute Gasteiger partial charge is 0.478 e. The van der Waals surface area contributed by atoms with Gasteiger partial charge in [-0.25, -0.2) is 32.7 Å². The van der Waals surface area contributed by atoms with E-state index in [0.29, 0.717) is 12.1 Å². The Hall–Kier alpha value is -8.13. The average molecular weight is 2850 g/mol. The first-order valence-electron chi connectivity index (χ1n) is 37.9. The number of allylic oxidation sites excluding steroid dienone is 2. The number of imide groups is 1. The number of methoxy groups -OCH3 is 1. The van der Waals surface area contributed by atoms with Crippen molar-refractivity contribution in [3.8, 4) is 6.07 Å². The molecule has 0 unspecified atom stereocenters. The third kappa shape index (κ3) is 56.7. The van der Waals surface area contributed by atoms with Crippen molar-refractivity contribution in [1.29, 1.82) is 5.26 Å². The van der Waals surface area contributed by atoms with E-state index in [-0.39, 0.29) is 109 Å². The van der Waals surface area contributed by atoms with Crippen LogP contribution >= 0.6 is 190 Å². The summed E-state index contributed by atoms with van der Waals surface area (Å²) in [5.41, 5.74) is -4.12. The molecular formula is C81H85Br9Cl4F20FeN11O21+. The van der Waals surface area contributed by atoms with Gasteiger partial charge in [0, 0.05) is 115 Å². The fourth-order valence-electron chi connectivity index (χ4n) is 9.68. The molecule has 2 aliphatic rings. The van der Waals surface area contributed by atoms with Crippen LogP contribution in [-0.4, -0.2) is 143 Å². The molecule has 2 aliphatic heterocycles. The number of nitro benzene ring substituents is 5. The number of anilines is 2. The molecule has 2 heterocycles.